The maximum absolute atomic E-state index is 11.8. The maximum atomic E-state index is 11.8. The van der Waals surface area contributed by atoms with Crippen molar-refractivity contribution in [1.29, 1.82) is 0 Å². The monoisotopic (exact) mass is 375 g/mol. The molecule has 0 unspecified atom stereocenters. The molecule has 26 heavy (non-hydrogen) atoms. The molecule has 4 rings (SSSR count). The summed E-state index contributed by atoms with van der Waals surface area (Å²) in [5.74, 6) is 2.11. The lowest BCUT2D eigenvalue weighted by Crippen LogP contribution is -2.17. The highest BCUT2D eigenvalue weighted by atomic mass is 32.2. The van der Waals surface area contributed by atoms with Crippen molar-refractivity contribution in [3.05, 3.63) is 42.2 Å². The van der Waals surface area contributed by atoms with Crippen LogP contribution in [0.1, 0.15) is 24.1 Å². The Bertz CT molecular complexity index is 1010. The van der Waals surface area contributed by atoms with Gasteiger partial charge >= 0.3 is 0 Å². The molecule has 0 bridgehead atoms. The summed E-state index contributed by atoms with van der Waals surface area (Å²) in [7, 11) is -3.00. The second kappa shape index (κ2) is 6.48. The van der Waals surface area contributed by atoms with E-state index >= 15 is 0 Å². The van der Waals surface area contributed by atoms with E-state index in [2.05, 4.69) is 25.6 Å². The number of ether oxygens (including phenoxy) is 1. The molecule has 1 atom stereocenters. The highest BCUT2D eigenvalue weighted by Crippen LogP contribution is 2.25. The van der Waals surface area contributed by atoms with Gasteiger partial charge in [-0.2, -0.15) is 5.10 Å². The normalized spacial score (nSPS) is 18.9. The molecule has 0 spiro atoms. The Labute approximate surface area is 149 Å². The number of aryl methyl sites for hydroxylation is 1. The third-order valence-electron chi connectivity index (χ3n) is 4.16. The van der Waals surface area contributed by atoms with Crippen molar-refractivity contribution in [2.45, 2.75) is 26.0 Å². The summed E-state index contributed by atoms with van der Waals surface area (Å²) < 4.78 is 32.6. The van der Waals surface area contributed by atoms with Gasteiger partial charge in [-0.3, -0.25) is 0 Å². The van der Waals surface area contributed by atoms with E-state index in [-0.39, 0.29) is 24.2 Å². The van der Waals surface area contributed by atoms with Crippen molar-refractivity contribution >= 4 is 9.84 Å². The standard InChI is InChI=1S/C15H17N7O3S/c1-11-17-15(22(18-11)13-5-6-26(23,24)9-13)8-25-14-4-2-3-12(7-14)21-10-16-19-20-21/h2-4,7,10,13H,5-6,8-9H2,1H3/t13-/m0/s1. The predicted molar refractivity (Wildman–Crippen MR) is 90.6 cm³/mol. The first-order valence-corrected chi connectivity index (χ1v) is 9.91. The number of hydrogen-bond donors (Lipinski definition) is 0. The van der Waals surface area contributed by atoms with Crippen molar-refractivity contribution < 1.29 is 13.2 Å². The zero-order valence-electron chi connectivity index (χ0n) is 14.1. The molecule has 10 nitrogen and oxygen atoms in total. The van der Waals surface area contributed by atoms with Crippen LogP contribution in [0, 0.1) is 6.92 Å². The van der Waals surface area contributed by atoms with Crippen LogP contribution in [-0.4, -0.2) is 54.9 Å². The Morgan fingerprint density at radius 3 is 2.96 bits per heavy atom. The van der Waals surface area contributed by atoms with Crippen molar-refractivity contribution in [3.63, 3.8) is 0 Å². The number of aromatic nitrogens is 7. The first-order chi connectivity index (χ1) is 12.5. The molecule has 1 saturated heterocycles. The Kier molecular flexibility index (Phi) is 4.15. The first-order valence-electron chi connectivity index (χ1n) is 8.09. The third kappa shape index (κ3) is 3.43. The molecule has 1 aliphatic rings. The van der Waals surface area contributed by atoms with Crippen molar-refractivity contribution in [2.75, 3.05) is 11.5 Å². The van der Waals surface area contributed by atoms with E-state index in [1.54, 1.807) is 11.6 Å². The fourth-order valence-electron chi connectivity index (χ4n) is 2.98. The van der Waals surface area contributed by atoms with E-state index in [0.29, 0.717) is 23.8 Å². The minimum Gasteiger partial charge on any atom is -0.486 e. The average molecular weight is 375 g/mol. The van der Waals surface area contributed by atoms with Gasteiger partial charge in [0.25, 0.3) is 0 Å². The average Bonchev–Trinajstić information content (AvgIpc) is 3.33. The summed E-state index contributed by atoms with van der Waals surface area (Å²) in [5, 5.41) is 15.4. The molecule has 1 aromatic carbocycles. The molecule has 3 aromatic rings. The predicted octanol–water partition coefficient (Wildman–Crippen LogP) is 0.501. The second-order valence-corrected chi connectivity index (χ2v) is 8.35. The SMILES string of the molecule is Cc1nc(COc2cccc(-n3cnnn3)c2)n([C@H]2CCS(=O)(=O)C2)n1. The van der Waals surface area contributed by atoms with Gasteiger partial charge in [0.1, 0.15) is 24.5 Å². The Morgan fingerprint density at radius 2 is 2.23 bits per heavy atom. The lowest BCUT2D eigenvalue weighted by molar-refractivity contribution is 0.281. The molecule has 1 fully saturated rings. The van der Waals surface area contributed by atoms with E-state index < -0.39 is 9.84 Å². The zero-order chi connectivity index (χ0) is 18.1. The minimum atomic E-state index is -3.00. The van der Waals surface area contributed by atoms with E-state index in [4.69, 9.17) is 4.74 Å². The molecule has 0 amide bonds. The van der Waals surface area contributed by atoms with Crippen LogP contribution in [0.25, 0.3) is 5.69 Å². The number of sulfone groups is 1. The van der Waals surface area contributed by atoms with Gasteiger partial charge in [-0.25, -0.2) is 22.8 Å². The van der Waals surface area contributed by atoms with Crippen LogP contribution in [-0.2, 0) is 16.4 Å². The molecule has 3 heterocycles. The van der Waals surface area contributed by atoms with E-state index in [1.165, 1.54) is 11.0 Å². The molecule has 11 heteroatoms. The van der Waals surface area contributed by atoms with Gasteiger partial charge in [0.2, 0.25) is 0 Å². The van der Waals surface area contributed by atoms with Crippen LogP contribution >= 0.6 is 0 Å². The zero-order valence-corrected chi connectivity index (χ0v) is 14.9. The Balaban J connectivity index is 1.51. The fourth-order valence-corrected chi connectivity index (χ4v) is 4.67. The number of benzene rings is 1. The number of rotatable bonds is 5. The quantitative estimate of drug-likeness (QED) is 0.633. The number of tetrazole rings is 1. The van der Waals surface area contributed by atoms with Crippen LogP contribution < -0.4 is 4.74 Å². The highest BCUT2D eigenvalue weighted by molar-refractivity contribution is 7.91. The molecule has 0 aliphatic carbocycles. The van der Waals surface area contributed by atoms with Crippen LogP contribution in [0.4, 0.5) is 0 Å². The Morgan fingerprint density at radius 1 is 1.35 bits per heavy atom. The first kappa shape index (κ1) is 16.6. The molecule has 136 valence electrons. The van der Waals surface area contributed by atoms with Gasteiger partial charge in [-0.1, -0.05) is 6.07 Å². The molecular formula is C15H17N7O3S. The van der Waals surface area contributed by atoms with E-state index in [0.717, 1.165) is 5.69 Å². The highest BCUT2D eigenvalue weighted by Gasteiger charge is 2.31. The number of hydrogen-bond acceptors (Lipinski definition) is 8. The summed E-state index contributed by atoms with van der Waals surface area (Å²) in [5.41, 5.74) is 0.770. The van der Waals surface area contributed by atoms with Gasteiger partial charge in [0.05, 0.1) is 23.2 Å². The summed E-state index contributed by atoms with van der Waals surface area (Å²) >= 11 is 0. The molecule has 1 aliphatic heterocycles. The van der Waals surface area contributed by atoms with Gasteiger partial charge in [-0.05, 0) is 35.9 Å². The van der Waals surface area contributed by atoms with Gasteiger partial charge in [0, 0.05) is 6.07 Å². The summed E-state index contributed by atoms with van der Waals surface area (Å²) in [4.78, 5) is 4.38. The summed E-state index contributed by atoms with van der Waals surface area (Å²) in [6, 6.07) is 7.14. The van der Waals surface area contributed by atoms with Crippen molar-refractivity contribution in [1.82, 2.24) is 35.0 Å². The number of nitrogens with zero attached hydrogens (tertiary/aromatic N) is 7. The molecule has 2 aromatic heterocycles. The van der Waals surface area contributed by atoms with Gasteiger partial charge < -0.3 is 4.74 Å². The van der Waals surface area contributed by atoms with Gasteiger partial charge in [0.15, 0.2) is 15.7 Å². The summed E-state index contributed by atoms with van der Waals surface area (Å²) in [6.45, 7) is 1.97. The van der Waals surface area contributed by atoms with E-state index in [9.17, 15) is 8.42 Å². The lowest BCUT2D eigenvalue weighted by Gasteiger charge is -2.12. The van der Waals surface area contributed by atoms with E-state index in [1.807, 2.05) is 24.3 Å². The fraction of sp³-hybridized carbons (Fsp3) is 0.400. The Hall–Kier alpha value is -2.82. The largest absolute Gasteiger partial charge is 0.486 e. The molecule has 0 N–H and O–H groups in total. The molecule has 0 saturated carbocycles. The lowest BCUT2D eigenvalue weighted by atomic mass is 10.3. The second-order valence-electron chi connectivity index (χ2n) is 6.12. The topological polar surface area (TPSA) is 118 Å². The van der Waals surface area contributed by atoms with Crippen molar-refractivity contribution in [3.8, 4) is 11.4 Å². The summed E-state index contributed by atoms with van der Waals surface area (Å²) in [6.07, 6.45) is 2.05. The minimum absolute atomic E-state index is 0.0948. The molecule has 0 radical (unpaired) electrons. The van der Waals surface area contributed by atoms with Gasteiger partial charge in [-0.15, -0.1) is 5.10 Å². The maximum Gasteiger partial charge on any atom is 0.165 e. The smallest absolute Gasteiger partial charge is 0.165 e. The van der Waals surface area contributed by atoms with Crippen LogP contribution in [0.5, 0.6) is 5.75 Å². The molecular weight excluding hydrogens is 358 g/mol. The van der Waals surface area contributed by atoms with Crippen LogP contribution in [0.15, 0.2) is 30.6 Å². The van der Waals surface area contributed by atoms with Crippen LogP contribution in [0.3, 0.4) is 0 Å². The van der Waals surface area contributed by atoms with Crippen molar-refractivity contribution in [2.24, 2.45) is 0 Å². The third-order valence-corrected chi connectivity index (χ3v) is 5.91. The van der Waals surface area contributed by atoms with Crippen LogP contribution in [0.2, 0.25) is 0 Å².